The molecular weight excluding hydrogens is 363 g/mol. The van der Waals surface area contributed by atoms with Gasteiger partial charge >= 0.3 is 0 Å². The van der Waals surface area contributed by atoms with Crippen LogP contribution in [0.1, 0.15) is 0 Å². The molecule has 0 unspecified atom stereocenters. The second kappa shape index (κ2) is 26.9. The van der Waals surface area contributed by atoms with Gasteiger partial charge in [0.15, 0.2) is 0 Å². The van der Waals surface area contributed by atoms with Crippen molar-refractivity contribution >= 4 is 37.2 Å². The van der Waals surface area contributed by atoms with Crippen molar-refractivity contribution in [1.82, 2.24) is 0 Å². The molecule has 0 saturated heterocycles. The second-order valence-electron chi connectivity index (χ2n) is 0. The monoisotopic (exact) mass is 363 g/mol. The Morgan fingerprint density at radius 3 is 0.600 bits per heavy atom. The van der Waals surface area contributed by atoms with Gasteiger partial charge in [-0.2, -0.15) is 0 Å². The molecule has 0 atom stereocenters. The van der Waals surface area contributed by atoms with Crippen molar-refractivity contribution in [3.63, 3.8) is 0 Å². The standard InChI is InChI=1S/3ClH.Er.Y/h3*1H;;. The largest absolute Gasteiger partial charge is 0.147 e. The molecule has 0 heterocycles. The van der Waals surface area contributed by atoms with Crippen molar-refractivity contribution in [2.45, 2.75) is 0 Å². The van der Waals surface area contributed by atoms with Gasteiger partial charge < -0.3 is 0 Å². The first-order valence-electron chi connectivity index (χ1n) is 0. The van der Waals surface area contributed by atoms with Crippen molar-refractivity contribution in [2.24, 2.45) is 0 Å². The van der Waals surface area contributed by atoms with Crippen LogP contribution in [-0.4, -0.2) is 0 Å². The average Bonchev–Trinajstić information content (AvgIpc) is 0. The maximum Gasteiger partial charge on any atom is 0 e. The number of hydrogen-bond acceptors (Lipinski definition) is 0. The summed E-state index contributed by atoms with van der Waals surface area (Å²) >= 11 is 0. The minimum Gasteiger partial charge on any atom is -0.147 e. The van der Waals surface area contributed by atoms with Crippen LogP contribution >= 0.6 is 37.2 Å². The SMILES string of the molecule is Cl.Cl.Cl.[Er].[Y]. The Bertz CT molecular complexity index is 6.85. The topological polar surface area (TPSA) is 0 Å². The van der Waals surface area contributed by atoms with E-state index in [-0.39, 0.29) is 107 Å². The summed E-state index contributed by atoms with van der Waals surface area (Å²) in [5.41, 5.74) is 0. The van der Waals surface area contributed by atoms with E-state index < -0.39 is 0 Å². The van der Waals surface area contributed by atoms with E-state index in [0.29, 0.717) is 0 Å². The molecule has 0 spiro atoms. The molecule has 0 saturated carbocycles. The van der Waals surface area contributed by atoms with Gasteiger partial charge in [-0.15, -0.1) is 37.2 Å². The quantitative estimate of drug-likeness (QED) is 0.606. The Morgan fingerprint density at radius 1 is 0.600 bits per heavy atom. The molecule has 0 rings (SSSR count). The molecule has 0 amide bonds. The van der Waals surface area contributed by atoms with Crippen molar-refractivity contribution in [3.05, 3.63) is 0 Å². The van der Waals surface area contributed by atoms with Crippen LogP contribution in [0, 0.1) is 37.3 Å². The van der Waals surface area contributed by atoms with Gasteiger partial charge in [-0.1, -0.05) is 0 Å². The van der Waals surface area contributed by atoms with Crippen molar-refractivity contribution < 1.29 is 70.0 Å². The van der Waals surface area contributed by atoms with Crippen LogP contribution in [-0.2, 0) is 32.7 Å². The molecule has 0 N–H and O–H groups in total. The van der Waals surface area contributed by atoms with Crippen molar-refractivity contribution in [3.8, 4) is 0 Å². The van der Waals surface area contributed by atoms with Crippen LogP contribution < -0.4 is 0 Å². The Kier molecular flexibility index (Phi) is 223. The fourth-order valence-corrected chi connectivity index (χ4v) is 0. The predicted molar refractivity (Wildman–Crippen MR) is 21.7 cm³/mol. The third-order valence-corrected chi connectivity index (χ3v) is 0. The summed E-state index contributed by atoms with van der Waals surface area (Å²) in [6.45, 7) is 0. The van der Waals surface area contributed by atoms with Gasteiger partial charge in [0.05, 0.1) is 0 Å². The van der Waals surface area contributed by atoms with Gasteiger partial charge in [-0.25, -0.2) is 0 Å². The molecule has 39 valence electrons. The van der Waals surface area contributed by atoms with E-state index in [2.05, 4.69) is 0 Å². The van der Waals surface area contributed by atoms with Crippen LogP contribution in [0.5, 0.6) is 0 Å². The minimum atomic E-state index is 0. The van der Waals surface area contributed by atoms with Crippen LogP contribution in [0.25, 0.3) is 0 Å². The molecule has 0 aliphatic carbocycles. The molecular formula is H3Cl3ErY. The molecule has 0 bridgehead atoms. The van der Waals surface area contributed by atoms with Gasteiger partial charge in [-0.3, -0.25) is 0 Å². The zero-order chi connectivity index (χ0) is 0. The zero-order valence-electron chi connectivity index (χ0n) is 2.09. The smallest absolute Gasteiger partial charge is 0 e. The first-order valence-corrected chi connectivity index (χ1v) is 0. The van der Waals surface area contributed by atoms with Crippen LogP contribution in [0.3, 0.4) is 0 Å². The fraction of sp³-hybridized carbons (Fsp3) is 0. The van der Waals surface area contributed by atoms with E-state index in [9.17, 15) is 0 Å². The first-order chi connectivity index (χ1) is 0. The number of rotatable bonds is 0. The molecule has 5 heavy (non-hydrogen) atoms. The van der Waals surface area contributed by atoms with E-state index >= 15 is 0 Å². The van der Waals surface area contributed by atoms with Crippen molar-refractivity contribution in [1.29, 1.82) is 0 Å². The number of halogens is 3. The second-order valence-corrected chi connectivity index (χ2v) is 0. The Morgan fingerprint density at radius 2 is 0.600 bits per heavy atom. The summed E-state index contributed by atoms with van der Waals surface area (Å²) in [6, 6.07) is 0. The van der Waals surface area contributed by atoms with E-state index in [1.165, 1.54) is 0 Å². The molecule has 1 radical (unpaired) electrons. The summed E-state index contributed by atoms with van der Waals surface area (Å²) < 4.78 is 0. The Balaban J connectivity index is 0. The van der Waals surface area contributed by atoms with Gasteiger partial charge in [0, 0.05) is 70.0 Å². The normalized spacial score (nSPS) is 0. The molecule has 0 fully saturated rings. The summed E-state index contributed by atoms with van der Waals surface area (Å²) in [6.07, 6.45) is 0. The van der Waals surface area contributed by atoms with Crippen LogP contribution in [0.4, 0.5) is 0 Å². The van der Waals surface area contributed by atoms with E-state index in [1.54, 1.807) is 0 Å². The molecule has 0 nitrogen and oxygen atoms in total. The summed E-state index contributed by atoms with van der Waals surface area (Å²) in [7, 11) is 0. The van der Waals surface area contributed by atoms with Gasteiger partial charge in [0.2, 0.25) is 0 Å². The summed E-state index contributed by atoms with van der Waals surface area (Å²) in [4.78, 5) is 0. The molecule has 0 aliphatic heterocycles. The summed E-state index contributed by atoms with van der Waals surface area (Å²) in [5.74, 6) is 0. The Labute approximate surface area is 105 Å². The first kappa shape index (κ1) is 41.3. The third-order valence-electron chi connectivity index (χ3n) is 0. The maximum absolute atomic E-state index is 0. The van der Waals surface area contributed by atoms with Gasteiger partial charge in [0.25, 0.3) is 0 Å². The van der Waals surface area contributed by atoms with E-state index in [4.69, 9.17) is 0 Å². The maximum atomic E-state index is 0. The van der Waals surface area contributed by atoms with E-state index in [1.807, 2.05) is 0 Å². The predicted octanol–water partition coefficient (Wildman–Crippen LogP) is 1.26. The van der Waals surface area contributed by atoms with Crippen LogP contribution in [0.15, 0.2) is 0 Å². The van der Waals surface area contributed by atoms with Crippen molar-refractivity contribution in [2.75, 3.05) is 0 Å². The average molecular weight is 366 g/mol. The van der Waals surface area contributed by atoms with Crippen LogP contribution in [0.2, 0.25) is 0 Å². The van der Waals surface area contributed by atoms with E-state index in [0.717, 1.165) is 0 Å². The molecule has 0 aromatic heterocycles. The van der Waals surface area contributed by atoms with Gasteiger partial charge in [0.1, 0.15) is 0 Å². The fourth-order valence-electron chi connectivity index (χ4n) is 0. The molecule has 5 heteroatoms. The zero-order valence-corrected chi connectivity index (χ0v) is 9.23. The summed E-state index contributed by atoms with van der Waals surface area (Å²) in [5, 5.41) is 0. The molecule has 0 aromatic carbocycles. The third kappa shape index (κ3) is 19.0. The molecule has 0 aliphatic rings. The number of hydrogen-bond donors (Lipinski definition) is 0. The Hall–Kier alpha value is 3.22. The minimum absolute atomic E-state index is 0. The van der Waals surface area contributed by atoms with Gasteiger partial charge in [-0.05, 0) is 0 Å². The molecule has 0 aromatic rings.